The molecule has 0 saturated carbocycles. The highest BCUT2D eigenvalue weighted by molar-refractivity contribution is 7.86. The second kappa shape index (κ2) is 24.0. The Bertz CT molecular complexity index is 1190. The molecule has 0 fully saturated rings. The Hall–Kier alpha value is -2.17. The zero-order chi connectivity index (χ0) is 35.2. The van der Waals surface area contributed by atoms with E-state index in [0.717, 1.165) is 69.8 Å². The molecule has 0 unspecified atom stereocenters. The first-order valence-corrected chi connectivity index (χ1v) is 19.2. The van der Waals surface area contributed by atoms with Crippen molar-refractivity contribution < 1.29 is 12.6 Å². The van der Waals surface area contributed by atoms with Gasteiger partial charge in [0.05, 0.1) is 5.75 Å². The average molecular weight is 655 g/mol. The van der Waals surface area contributed by atoms with Crippen LogP contribution in [0.3, 0.4) is 0 Å². The summed E-state index contributed by atoms with van der Waals surface area (Å²) in [5, 5.41) is 0. The molecule has 46 heavy (non-hydrogen) atoms. The molecule has 0 spiro atoms. The van der Waals surface area contributed by atoms with Crippen LogP contribution in [0.4, 0.5) is 0 Å². The van der Waals surface area contributed by atoms with Gasteiger partial charge < -0.3 is 0 Å². The fourth-order valence-corrected chi connectivity index (χ4v) is 5.89. The van der Waals surface area contributed by atoms with E-state index >= 15 is 0 Å². The van der Waals surface area contributed by atoms with E-state index in [1.54, 1.807) is 6.92 Å². The molecule has 0 radical (unpaired) electrons. The van der Waals surface area contributed by atoms with E-state index in [1.807, 2.05) is 0 Å². The zero-order valence-electron chi connectivity index (χ0n) is 31.9. The van der Waals surface area contributed by atoms with Crippen LogP contribution in [-0.4, -0.2) is 19.8 Å². The molecule has 0 aliphatic carbocycles. The first-order valence-electron chi connectivity index (χ1n) is 17.6. The maximum absolute atomic E-state index is 13.0. The standard InChI is InChI=1S/C42H70O3S/c1-13-46(43,44)45-42(33-41(12)28-16-21-36(6)7,31-29-39(10)26-17-24-37(8)22-14-19-34(2)3)32-30-40(11)27-18-25-38(9)23-15-20-35(4)5/h19-21,24-25,29-30,33H,13-18,22-23,26-28,31-32H2,1-12H3. The van der Waals surface area contributed by atoms with E-state index in [-0.39, 0.29) is 5.75 Å². The van der Waals surface area contributed by atoms with Gasteiger partial charge in [-0.2, -0.15) is 8.42 Å². The summed E-state index contributed by atoms with van der Waals surface area (Å²) in [7, 11) is -3.68. The molecule has 0 bridgehead atoms. The molecule has 0 aromatic heterocycles. The SMILES string of the molecule is CCS(=O)(=O)OC(C=C(C)CCC=C(C)C)(CC=C(C)CCC=C(C)CCC=C(C)C)CC=C(C)CCC=C(C)CCC=C(C)C. The quantitative estimate of drug-likeness (QED) is 0.0813. The number of hydrogen-bond donors (Lipinski definition) is 0. The third kappa shape index (κ3) is 24.1. The Morgan fingerprint density at radius 3 is 1.11 bits per heavy atom. The lowest BCUT2D eigenvalue weighted by molar-refractivity contribution is 0.133. The van der Waals surface area contributed by atoms with Crippen LogP contribution < -0.4 is 0 Å². The minimum atomic E-state index is -3.68. The predicted octanol–water partition coefficient (Wildman–Crippen LogP) is 13.4. The van der Waals surface area contributed by atoms with Crippen LogP contribution in [0.5, 0.6) is 0 Å². The van der Waals surface area contributed by atoms with Crippen molar-refractivity contribution in [3.05, 3.63) is 93.2 Å². The predicted molar refractivity (Wildman–Crippen MR) is 206 cm³/mol. The second-order valence-electron chi connectivity index (χ2n) is 14.1. The lowest BCUT2D eigenvalue weighted by Gasteiger charge is -2.30. The lowest BCUT2D eigenvalue weighted by atomic mass is 9.89. The fourth-order valence-electron chi connectivity index (χ4n) is 5.09. The molecule has 0 aliphatic heterocycles. The minimum absolute atomic E-state index is 0.0432. The Morgan fingerprint density at radius 2 is 0.783 bits per heavy atom. The monoisotopic (exact) mass is 655 g/mol. The van der Waals surface area contributed by atoms with Crippen molar-refractivity contribution in [3.63, 3.8) is 0 Å². The molecule has 0 rings (SSSR count). The molecular formula is C42H70O3S. The highest BCUT2D eigenvalue weighted by Gasteiger charge is 2.32. The maximum atomic E-state index is 13.0. The highest BCUT2D eigenvalue weighted by atomic mass is 32.2. The summed E-state index contributed by atoms with van der Waals surface area (Å²) in [6.45, 7) is 25.3. The van der Waals surface area contributed by atoms with Crippen molar-refractivity contribution in [1.29, 1.82) is 0 Å². The molecule has 0 amide bonds. The largest absolute Gasteiger partial charge is 0.267 e. The van der Waals surface area contributed by atoms with E-state index in [1.165, 1.54) is 39.0 Å². The molecule has 0 saturated heterocycles. The smallest absolute Gasteiger partial charge is 0.259 e. The summed E-state index contributed by atoms with van der Waals surface area (Å²) in [5.41, 5.74) is 9.61. The van der Waals surface area contributed by atoms with Gasteiger partial charge in [-0.1, -0.05) is 93.2 Å². The van der Waals surface area contributed by atoms with E-state index in [0.29, 0.717) is 12.8 Å². The Kier molecular flexibility index (Phi) is 22.9. The van der Waals surface area contributed by atoms with Gasteiger partial charge in [-0.05, 0) is 147 Å². The van der Waals surface area contributed by atoms with Gasteiger partial charge in [-0.25, -0.2) is 0 Å². The van der Waals surface area contributed by atoms with Gasteiger partial charge >= 0.3 is 0 Å². The topological polar surface area (TPSA) is 43.4 Å². The van der Waals surface area contributed by atoms with Crippen LogP contribution in [-0.2, 0) is 14.3 Å². The van der Waals surface area contributed by atoms with Crippen LogP contribution in [0.15, 0.2) is 93.2 Å². The van der Waals surface area contributed by atoms with E-state index < -0.39 is 15.7 Å². The summed E-state index contributed by atoms with van der Waals surface area (Å²) >= 11 is 0. The zero-order valence-corrected chi connectivity index (χ0v) is 32.8. The van der Waals surface area contributed by atoms with Gasteiger partial charge in [-0.3, -0.25) is 4.18 Å². The van der Waals surface area contributed by atoms with Gasteiger partial charge in [0.2, 0.25) is 0 Å². The molecule has 262 valence electrons. The van der Waals surface area contributed by atoms with Crippen molar-refractivity contribution in [2.24, 2.45) is 0 Å². The Balaban J connectivity index is 6.10. The van der Waals surface area contributed by atoms with Crippen molar-refractivity contribution in [2.45, 2.75) is 166 Å². The molecule has 0 aromatic rings. The maximum Gasteiger partial charge on any atom is 0.267 e. The van der Waals surface area contributed by atoms with Gasteiger partial charge in [0.25, 0.3) is 10.1 Å². The third-order valence-corrected chi connectivity index (χ3v) is 9.38. The molecule has 0 atom stereocenters. The van der Waals surface area contributed by atoms with Crippen LogP contribution in [0.1, 0.15) is 160 Å². The second-order valence-corrected chi connectivity index (χ2v) is 16.0. The normalized spacial score (nSPS) is 15.0. The fraction of sp³-hybridized carbons (Fsp3) is 0.619. The summed E-state index contributed by atoms with van der Waals surface area (Å²) in [4.78, 5) is 0. The first-order chi connectivity index (χ1) is 21.5. The molecule has 0 heterocycles. The first kappa shape index (κ1) is 43.8. The summed E-state index contributed by atoms with van der Waals surface area (Å²) in [6, 6.07) is 0. The van der Waals surface area contributed by atoms with Crippen molar-refractivity contribution in [2.75, 3.05) is 5.75 Å². The van der Waals surface area contributed by atoms with Gasteiger partial charge in [0, 0.05) is 12.8 Å². The Labute approximate surface area is 286 Å². The molecule has 4 heteroatoms. The average Bonchev–Trinajstić information content (AvgIpc) is 2.94. The van der Waals surface area contributed by atoms with Crippen LogP contribution in [0, 0.1) is 0 Å². The van der Waals surface area contributed by atoms with Crippen LogP contribution in [0.25, 0.3) is 0 Å². The van der Waals surface area contributed by atoms with E-state index in [4.69, 9.17) is 4.18 Å². The molecule has 0 aromatic carbocycles. The lowest BCUT2D eigenvalue weighted by Crippen LogP contribution is -2.33. The summed E-state index contributed by atoms with van der Waals surface area (Å²) in [6.07, 6.45) is 29.1. The van der Waals surface area contributed by atoms with Gasteiger partial charge in [-0.15, -0.1) is 0 Å². The van der Waals surface area contributed by atoms with Gasteiger partial charge in [0.15, 0.2) is 0 Å². The summed E-state index contributed by atoms with van der Waals surface area (Å²) < 4.78 is 32.2. The van der Waals surface area contributed by atoms with Crippen molar-refractivity contribution in [1.82, 2.24) is 0 Å². The summed E-state index contributed by atoms with van der Waals surface area (Å²) in [5.74, 6) is -0.0432. The third-order valence-electron chi connectivity index (χ3n) is 8.08. The van der Waals surface area contributed by atoms with Crippen molar-refractivity contribution in [3.8, 4) is 0 Å². The van der Waals surface area contributed by atoms with Gasteiger partial charge in [0.1, 0.15) is 5.60 Å². The highest BCUT2D eigenvalue weighted by Crippen LogP contribution is 2.31. The molecule has 0 N–H and O–H groups in total. The molecule has 0 aliphatic rings. The molecule has 3 nitrogen and oxygen atoms in total. The van der Waals surface area contributed by atoms with E-state index in [2.05, 4.69) is 125 Å². The Morgan fingerprint density at radius 1 is 0.478 bits per heavy atom. The molecular weight excluding hydrogens is 585 g/mol. The minimum Gasteiger partial charge on any atom is -0.259 e. The number of allylic oxidation sites excluding steroid dienone is 13. The van der Waals surface area contributed by atoms with Crippen molar-refractivity contribution >= 4 is 10.1 Å². The van der Waals surface area contributed by atoms with E-state index in [9.17, 15) is 8.42 Å². The van der Waals surface area contributed by atoms with Crippen LogP contribution >= 0.6 is 0 Å². The van der Waals surface area contributed by atoms with Crippen LogP contribution in [0.2, 0.25) is 0 Å². The number of hydrogen-bond acceptors (Lipinski definition) is 3. The number of rotatable bonds is 23.